The van der Waals surface area contributed by atoms with Crippen LogP contribution in [-0.4, -0.2) is 44.3 Å². The van der Waals surface area contributed by atoms with Gasteiger partial charge in [0.05, 0.1) is 10.6 Å². The Morgan fingerprint density at radius 1 is 0.841 bits per heavy atom. The van der Waals surface area contributed by atoms with Gasteiger partial charge in [-0.1, -0.05) is 77.8 Å². The molecule has 1 N–H and O–H groups in total. The van der Waals surface area contributed by atoms with Crippen molar-refractivity contribution in [2.45, 2.75) is 44.7 Å². The number of sulfonamides is 1. The quantitative estimate of drug-likeness (QED) is 0.187. The highest BCUT2D eigenvalue weighted by Gasteiger charge is 2.34. The summed E-state index contributed by atoms with van der Waals surface area (Å²) in [6, 6.07) is 26.5. The Balaban J connectivity index is 1.82. The van der Waals surface area contributed by atoms with Gasteiger partial charge in [-0.15, -0.1) is 0 Å². The number of hydrogen-bond acceptors (Lipinski definition) is 4. The van der Waals surface area contributed by atoms with Crippen LogP contribution in [0, 0.1) is 13.8 Å². The first-order chi connectivity index (χ1) is 21.0. The minimum atomic E-state index is -4.22. The van der Waals surface area contributed by atoms with Gasteiger partial charge < -0.3 is 10.2 Å². The van der Waals surface area contributed by atoms with Crippen molar-refractivity contribution in [3.05, 3.63) is 129 Å². The first-order valence-electron chi connectivity index (χ1n) is 14.2. The number of hydrogen-bond donors (Lipinski definition) is 1. The van der Waals surface area contributed by atoms with Gasteiger partial charge in [-0.2, -0.15) is 0 Å². The topological polar surface area (TPSA) is 86.8 Å². The van der Waals surface area contributed by atoms with Gasteiger partial charge in [0.2, 0.25) is 11.8 Å². The van der Waals surface area contributed by atoms with E-state index in [-0.39, 0.29) is 23.8 Å². The number of carbonyl (C=O) groups is 2. The SMILES string of the molecule is CCNC(=O)C(Cc1ccccc1)N(Cc1ccccc1Cl)C(=O)CN(c1ccc(C)c(C)c1)S(=O)(=O)c1ccc(Cl)cc1. The van der Waals surface area contributed by atoms with Crippen LogP contribution in [-0.2, 0) is 32.6 Å². The number of amides is 2. The van der Waals surface area contributed by atoms with Gasteiger partial charge in [-0.05, 0) is 85.5 Å². The molecular formula is C34H35Cl2N3O4S. The number of anilines is 1. The maximum atomic E-state index is 14.4. The third-order valence-electron chi connectivity index (χ3n) is 7.38. The van der Waals surface area contributed by atoms with E-state index in [4.69, 9.17) is 23.2 Å². The molecule has 230 valence electrons. The van der Waals surface area contributed by atoms with Crippen LogP contribution in [0.1, 0.15) is 29.2 Å². The van der Waals surface area contributed by atoms with Gasteiger partial charge in [0.1, 0.15) is 12.6 Å². The Morgan fingerprint density at radius 2 is 1.50 bits per heavy atom. The van der Waals surface area contributed by atoms with Crippen molar-refractivity contribution in [3.63, 3.8) is 0 Å². The van der Waals surface area contributed by atoms with E-state index in [9.17, 15) is 18.0 Å². The molecule has 0 radical (unpaired) electrons. The molecule has 2 amide bonds. The number of carbonyl (C=O) groups excluding carboxylic acids is 2. The molecule has 0 spiro atoms. The standard InChI is InChI=1S/C34H35Cl2N3O4S/c1-4-37-34(41)32(21-26-10-6-5-7-11-26)38(22-27-12-8-9-13-31(27)36)33(40)23-39(29-17-14-24(2)25(3)20-29)44(42,43)30-18-15-28(35)16-19-30/h5-20,32H,4,21-23H2,1-3H3,(H,37,41). The Kier molecular flexibility index (Phi) is 11.1. The molecule has 4 aromatic rings. The molecule has 0 aliphatic rings. The van der Waals surface area contributed by atoms with Crippen LogP contribution in [0.5, 0.6) is 0 Å². The van der Waals surface area contributed by atoms with Gasteiger partial charge >= 0.3 is 0 Å². The van der Waals surface area contributed by atoms with Crippen LogP contribution in [0.15, 0.2) is 102 Å². The molecule has 0 heterocycles. The molecule has 1 atom stereocenters. The van der Waals surface area contributed by atoms with E-state index in [1.165, 1.54) is 29.2 Å². The number of rotatable bonds is 12. The van der Waals surface area contributed by atoms with Crippen molar-refractivity contribution >= 4 is 50.7 Å². The largest absolute Gasteiger partial charge is 0.355 e. The van der Waals surface area contributed by atoms with E-state index in [2.05, 4.69) is 5.32 Å². The Morgan fingerprint density at radius 3 is 2.14 bits per heavy atom. The van der Waals surface area contributed by atoms with Gasteiger partial charge in [-0.25, -0.2) is 8.42 Å². The Hall–Kier alpha value is -3.85. The lowest BCUT2D eigenvalue weighted by Crippen LogP contribution is -2.53. The van der Waals surface area contributed by atoms with Crippen LogP contribution in [0.3, 0.4) is 0 Å². The highest BCUT2D eigenvalue weighted by Crippen LogP contribution is 2.28. The van der Waals surface area contributed by atoms with Crippen LogP contribution < -0.4 is 9.62 Å². The zero-order valence-corrected chi connectivity index (χ0v) is 27.2. The minimum absolute atomic E-state index is 0.00506. The Bertz CT molecular complexity index is 1710. The summed E-state index contributed by atoms with van der Waals surface area (Å²) < 4.78 is 29.3. The molecule has 0 aliphatic carbocycles. The zero-order valence-electron chi connectivity index (χ0n) is 24.8. The summed E-state index contributed by atoms with van der Waals surface area (Å²) in [4.78, 5) is 29.4. The summed E-state index contributed by atoms with van der Waals surface area (Å²) in [6.07, 6.45) is 0.219. The lowest BCUT2D eigenvalue weighted by molar-refractivity contribution is -0.140. The Labute approximate surface area is 269 Å². The maximum absolute atomic E-state index is 14.4. The molecule has 7 nitrogen and oxygen atoms in total. The predicted octanol–water partition coefficient (Wildman–Crippen LogP) is 6.58. The summed E-state index contributed by atoms with van der Waals surface area (Å²) in [7, 11) is -4.22. The maximum Gasteiger partial charge on any atom is 0.264 e. The highest BCUT2D eigenvalue weighted by atomic mass is 35.5. The molecule has 0 aromatic heterocycles. The number of nitrogens with one attached hydrogen (secondary N) is 1. The van der Waals surface area contributed by atoms with Crippen molar-refractivity contribution in [1.29, 1.82) is 0 Å². The fraction of sp³-hybridized carbons (Fsp3) is 0.235. The highest BCUT2D eigenvalue weighted by molar-refractivity contribution is 7.92. The van der Waals surface area contributed by atoms with E-state index in [1.54, 1.807) is 43.3 Å². The molecule has 1 unspecified atom stereocenters. The minimum Gasteiger partial charge on any atom is -0.355 e. The third-order valence-corrected chi connectivity index (χ3v) is 9.79. The zero-order chi connectivity index (χ0) is 31.9. The van der Waals surface area contributed by atoms with E-state index in [0.29, 0.717) is 27.8 Å². The molecule has 44 heavy (non-hydrogen) atoms. The van der Waals surface area contributed by atoms with E-state index >= 15 is 0 Å². The van der Waals surface area contributed by atoms with E-state index < -0.39 is 28.5 Å². The van der Waals surface area contributed by atoms with E-state index in [1.807, 2.05) is 50.2 Å². The molecule has 0 bridgehead atoms. The number of likely N-dealkylation sites (N-methyl/N-ethyl adjacent to an activating group) is 1. The first kappa shape index (κ1) is 33.1. The van der Waals surface area contributed by atoms with Crippen molar-refractivity contribution in [1.82, 2.24) is 10.2 Å². The number of benzene rings is 4. The fourth-order valence-corrected chi connectivity index (χ4v) is 6.53. The van der Waals surface area contributed by atoms with Crippen LogP contribution >= 0.6 is 23.2 Å². The number of nitrogens with zero attached hydrogens (tertiary/aromatic N) is 2. The van der Waals surface area contributed by atoms with Crippen molar-refractivity contribution in [3.8, 4) is 0 Å². The fourth-order valence-electron chi connectivity index (χ4n) is 4.80. The molecule has 0 saturated heterocycles. The monoisotopic (exact) mass is 651 g/mol. The summed E-state index contributed by atoms with van der Waals surface area (Å²) in [5, 5.41) is 3.67. The van der Waals surface area contributed by atoms with Gasteiger partial charge in [0, 0.05) is 29.6 Å². The molecule has 4 rings (SSSR count). The molecule has 10 heteroatoms. The lowest BCUT2D eigenvalue weighted by Gasteiger charge is -2.34. The second-order valence-electron chi connectivity index (χ2n) is 10.4. The predicted molar refractivity (Wildman–Crippen MR) is 177 cm³/mol. The molecule has 0 saturated carbocycles. The first-order valence-corrected chi connectivity index (χ1v) is 16.4. The van der Waals surface area contributed by atoms with Crippen LogP contribution in [0.4, 0.5) is 5.69 Å². The summed E-state index contributed by atoms with van der Waals surface area (Å²) >= 11 is 12.6. The average Bonchev–Trinajstić information content (AvgIpc) is 3.00. The number of halogens is 2. The lowest BCUT2D eigenvalue weighted by atomic mass is 10.0. The van der Waals surface area contributed by atoms with Gasteiger partial charge in [0.25, 0.3) is 10.0 Å². The molecular weight excluding hydrogens is 617 g/mol. The normalized spacial score (nSPS) is 11.9. The van der Waals surface area contributed by atoms with Gasteiger partial charge in [0.15, 0.2) is 0 Å². The van der Waals surface area contributed by atoms with Crippen LogP contribution in [0.25, 0.3) is 0 Å². The van der Waals surface area contributed by atoms with Gasteiger partial charge in [-0.3, -0.25) is 13.9 Å². The van der Waals surface area contributed by atoms with E-state index in [0.717, 1.165) is 21.0 Å². The summed E-state index contributed by atoms with van der Waals surface area (Å²) in [5.74, 6) is -0.914. The molecule has 0 aliphatic heterocycles. The summed E-state index contributed by atoms with van der Waals surface area (Å²) in [6.45, 7) is 5.41. The smallest absolute Gasteiger partial charge is 0.264 e. The van der Waals surface area contributed by atoms with Crippen LogP contribution in [0.2, 0.25) is 10.0 Å². The van der Waals surface area contributed by atoms with Crippen molar-refractivity contribution < 1.29 is 18.0 Å². The summed E-state index contributed by atoms with van der Waals surface area (Å²) in [5.41, 5.74) is 3.64. The average molecular weight is 653 g/mol. The molecule has 0 fully saturated rings. The third kappa shape index (κ3) is 8.00. The second-order valence-corrected chi connectivity index (χ2v) is 13.2. The molecule has 4 aromatic carbocycles. The van der Waals surface area contributed by atoms with Crippen molar-refractivity contribution in [2.75, 3.05) is 17.4 Å². The van der Waals surface area contributed by atoms with Crippen molar-refractivity contribution in [2.24, 2.45) is 0 Å². The number of aryl methyl sites for hydroxylation is 2. The second kappa shape index (κ2) is 14.8.